The van der Waals surface area contributed by atoms with Gasteiger partial charge in [0.05, 0.1) is 38.6 Å². The Balaban J connectivity index is -0.000000355. The Morgan fingerprint density at radius 2 is 0.596 bits per heavy atom. The lowest BCUT2D eigenvalue weighted by Gasteiger charge is -2.17. The summed E-state index contributed by atoms with van der Waals surface area (Å²) in [7, 11) is 0. The zero-order chi connectivity index (χ0) is 43.5. The molecule has 0 saturated carbocycles. The van der Waals surface area contributed by atoms with Crippen LogP contribution in [0.1, 0.15) is 226 Å². The van der Waals surface area contributed by atoms with Gasteiger partial charge >= 0.3 is 11.9 Å². The van der Waals surface area contributed by atoms with Gasteiger partial charge < -0.3 is 41.5 Å². The van der Waals surface area contributed by atoms with Crippen molar-refractivity contribution in [1.29, 1.82) is 0 Å². The lowest BCUT2D eigenvalue weighted by molar-refractivity contribution is -0.138. The molecule has 9 N–H and O–H groups in total. The van der Waals surface area contributed by atoms with Crippen molar-refractivity contribution in [1.82, 2.24) is 4.90 Å². The topological polar surface area (TPSA) is 205 Å². The monoisotopic (exact) mass is 823 g/mol. The van der Waals surface area contributed by atoms with Crippen LogP contribution in [-0.4, -0.2) is 111 Å². The summed E-state index contributed by atoms with van der Waals surface area (Å²) < 4.78 is 0. The highest BCUT2D eigenvalue weighted by Crippen LogP contribution is 2.15. The second-order valence-electron chi connectivity index (χ2n) is 16.2. The van der Waals surface area contributed by atoms with Gasteiger partial charge in [-0.2, -0.15) is 0 Å². The summed E-state index contributed by atoms with van der Waals surface area (Å²) in [5.41, 5.74) is 4.41. The van der Waals surface area contributed by atoms with Gasteiger partial charge in [-0.25, -0.2) is 0 Å². The lowest BCUT2D eigenvalue weighted by Crippen LogP contribution is -2.43. The zero-order valence-electron chi connectivity index (χ0n) is 37.8. The van der Waals surface area contributed by atoms with Gasteiger partial charge in [0.2, 0.25) is 0 Å². The number of aliphatic carboxylic acids is 2. The van der Waals surface area contributed by atoms with Crippen LogP contribution < -0.4 is 5.73 Å². The fraction of sp³-hybridized carbons (Fsp3) is 0.957. The lowest BCUT2D eigenvalue weighted by atomic mass is 10.0. The summed E-state index contributed by atoms with van der Waals surface area (Å²) >= 11 is 0. The molecule has 0 bridgehead atoms. The van der Waals surface area contributed by atoms with Gasteiger partial charge in [0, 0.05) is 32.5 Å². The molecule has 0 unspecified atom stereocenters. The molecule has 0 aliphatic carbocycles. The van der Waals surface area contributed by atoms with Crippen LogP contribution in [0.3, 0.4) is 0 Å². The number of unbranched alkanes of at least 4 members (excludes halogenated alkanes) is 28. The van der Waals surface area contributed by atoms with E-state index in [0.717, 1.165) is 25.7 Å². The Kier molecular flexibility index (Phi) is 59.8. The maximum absolute atomic E-state index is 10.3. The Morgan fingerprint density at radius 1 is 0.404 bits per heavy atom. The summed E-state index contributed by atoms with van der Waals surface area (Å²) in [6.07, 6.45) is 40.4. The molecule has 0 saturated heterocycles. The highest BCUT2D eigenvalue weighted by atomic mass is 16.4. The fourth-order valence-corrected chi connectivity index (χ4v) is 6.10. The van der Waals surface area contributed by atoms with Crippen LogP contribution in [0.5, 0.6) is 0 Å². The number of hydrogen-bond acceptors (Lipinski definition) is 9. The van der Waals surface area contributed by atoms with E-state index in [1.165, 1.54) is 167 Å². The molecule has 57 heavy (non-hydrogen) atoms. The van der Waals surface area contributed by atoms with Crippen molar-refractivity contribution in [3.05, 3.63) is 0 Å². The third-order valence-electron chi connectivity index (χ3n) is 9.96. The van der Waals surface area contributed by atoms with Crippen molar-refractivity contribution < 1.29 is 45.3 Å². The van der Waals surface area contributed by atoms with Crippen molar-refractivity contribution in [3.63, 3.8) is 0 Å². The van der Waals surface area contributed by atoms with Crippen molar-refractivity contribution in [2.45, 2.75) is 232 Å². The van der Waals surface area contributed by atoms with Crippen molar-refractivity contribution >= 4 is 11.9 Å². The van der Waals surface area contributed by atoms with Crippen LogP contribution in [-0.2, 0) is 9.59 Å². The van der Waals surface area contributed by atoms with E-state index in [2.05, 4.69) is 13.8 Å². The minimum atomic E-state index is -0.806. The Hall–Kier alpha value is -1.34. The third-order valence-corrected chi connectivity index (χ3v) is 9.96. The molecule has 0 aromatic rings. The maximum Gasteiger partial charge on any atom is 0.303 e. The first kappa shape index (κ1) is 62.3. The van der Waals surface area contributed by atoms with E-state index in [9.17, 15) is 9.59 Å². The molecule has 11 heteroatoms. The van der Waals surface area contributed by atoms with Crippen LogP contribution in [0.15, 0.2) is 0 Å². The molecule has 0 fully saturated rings. The van der Waals surface area contributed by atoms with Crippen LogP contribution in [0.4, 0.5) is 0 Å². The van der Waals surface area contributed by atoms with Gasteiger partial charge in [-0.05, 0) is 19.8 Å². The van der Waals surface area contributed by atoms with Gasteiger partial charge in [0.25, 0.3) is 0 Å². The predicted octanol–water partition coefficient (Wildman–Crippen LogP) is 9.62. The summed E-state index contributed by atoms with van der Waals surface area (Å²) in [5.74, 6) is -1.31. The molecule has 0 rings (SSSR count). The van der Waals surface area contributed by atoms with Gasteiger partial charge in [0.15, 0.2) is 0 Å². The molecular weight excluding hydrogens is 725 g/mol. The highest BCUT2D eigenvalue weighted by molar-refractivity contribution is 5.66. The number of carboxylic acid groups (broad SMARTS) is 2. The van der Waals surface area contributed by atoms with E-state index in [-0.39, 0.29) is 33.0 Å². The first-order valence-electron chi connectivity index (χ1n) is 23.5. The number of nitrogens with two attached hydrogens (primary N) is 1. The average molecular weight is 823 g/mol. The normalized spacial score (nSPS) is 11.0. The number of carboxylic acids is 2. The van der Waals surface area contributed by atoms with Crippen molar-refractivity contribution in [2.75, 3.05) is 52.7 Å². The number of aliphatic hydroxyl groups excluding tert-OH is 5. The molecule has 0 radical (unpaired) electrons. The van der Waals surface area contributed by atoms with E-state index in [0.29, 0.717) is 32.5 Å². The molecular formula is C46H98N2O9. The molecule has 11 nitrogen and oxygen atoms in total. The molecule has 0 amide bonds. The molecule has 0 aromatic heterocycles. The number of hydrogen-bond donors (Lipinski definition) is 8. The standard InChI is InChI=1S/2C18H36O2.C6H15NO3.C4H11NO2/c2*1-2-3-4-5-6-7-8-9-10-11-12-13-14-15-16-17-18(19)20;8-4-1-7(2-5-9)3-6-10;1-4(5,2-6)3-7/h2*2-17H2,1H3,(H,19,20);8-10H,1-6H2;6-7H,2-3,5H2,1H3. The zero-order valence-corrected chi connectivity index (χ0v) is 37.8. The minimum absolute atomic E-state index is 0.0694. The first-order valence-corrected chi connectivity index (χ1v) is 23.5. The van der Waals surface area contributed by atoms with Crippen molar-refractivity contribution in [3.8, 4) is 0 Å². The quantitative estimate of drug-likeness (QED) is 0.0273. The molecule has 0 aromatic carbocycles. The molecule has 0 heterocycles. The van der Waals surface area contributed by atoms with E-state index in [4.69, 9.17) is 41.5 Å². The Labute approximate surface area is 351 Å². The maximum atomic E-state index is 10.3. The van der Waals surface area contributed by atoms with Crippen LogP contribution in [0.25, 0.3) is 0 Å². The van der Waals surface area contributed by atoms with E-state index in [1.54, 1.807) is 11.8 Å². The van der Waals surface area contributed by atoms with E-state index in [1.807, 2.05) is 0 Å². The number of carbonyl (C=O) groups is 2. The fourth-order valence-electron chi connectivity index (χ4n) is 6.10. The van der Waals surface area contributed by atoms with Crippen LogP contribution in [0, 0.1) is 0 Å². The first-order chi connectivity index (χ1) is 27.5. The molecule has 0 atom stereocenters. The molecule has 346 valence electrons. The number of nitrogens with zero attached hydrogens (tertiary/aromatic N) is 1. The van der Waals surface area contributed by atoms with E-state index < -0.39 is 17.5 Å². The Morgan fingerprint density at radius 3 is 0.737 bits per heavy atom. The van der Waals surface area contributed by atoms with Crippen molar-refractivity contribution in [2.24, 2.45) is 5.73 Å². The van der Waals surface area contributed by atoms with Gasteiger partial charge in [-0.3, -0.25) is 14.5 Å². The minimum Gasteiger partial charge on any atom is -0.481 e. The van der Waals surface area contributed by atoms with E-state index >= 15 is 0 Å². The van der Waals surface area contributed by atoms with Crippen LogP contribution in [0.2, 0.25) is 0 Å². The van der Waals surface area contributed by atoms with Gasteiger partial charge in [-0.1, -0.05) is 194 Å². The molecule has 0 aliphatic heterocycles. The predicted molar refractivity (Wildman–Crippen MR) is 239 cm³/mol. The molecule has 0 spiro atoms. The largest absolute Gasteiger partial charge is 0.481 e. The highest BCUT2D eigenvalue weighted by Gasteiger charge is 2.13. The second-order valence-corrected chi connectivity index (χ2v) is 16.2. The third kappa shape index (κ3) is 66.7. The summed E-state index contributed by atoms with van der Waals surface area (Å²) in [6.45, 7) is 7.52. The van der Waals surface area contributed by atoms with Crippen LogP contribution >= 0.6 is 0 Å². The summed E-state index contributed by atoms with van der Waals surface area (Å²) in [5, 5.41) is 59.1. The SMILES string of the molecule is CC(N)(CO)CO.CCCCCCCCCCCCCCCCCC(=O)O.CCCCCCCCCCCCCCCCCC(=O)O.OCCN(CCO)CCO. The smallest absolute Gasteiger partial charge is 0.303 e. The number of aliphatic hydroxyl groups is 5. The average Bonchev–Trinajstić information content (AvgIpc) is 3.18. The Bertz CT molecular complexity index is 695. The van der Waals surface area contributed by atoms with Gasteiger partial charge in [0.1, 0.15) is 0 Å². The summed E-state index contributed by atoms with van der Waals surface area (Å²) in [4.78, 5) is 22.5. The van der Waals surface area contributed by atoms with Gasteiger partial charge in [-0.15, -0.1) is 0 Å². The second kappa shape index (κ2) is 54.7. The summed E-state index contributed by atoms with van der Waals surface area (Å²) in [6, 6.07) is 0. The number of rotatable bonds is 40. The molecule has 0 aliphatic rings.